The molecule has 0 aliphatic heterocycles. The first-order valence-electron chi connectivity index (χ1n) is 11.0. The van der Waals surface area contributed by atoms with Crippen molar-refractivity contribution in [2.24, 2.45) is 5.92 Å². The zero-order valence-electron chi connectivity index (χ0n) is 19.9. The van der Waals surface area contributed by atoms with E-state index >= 15 is 0 Å². The van der Waals surface area contributed by atoms with Crippen LogP contribution in [0.15, 0.2) is 54.3 Å². The number of carbonyl (C=O) groups excluding carboxylic acids is 1. The van der Waals surface area contributed by atoms with Gasteiger partial charge < -0.3 is 15.0 Å². The Hall–Kier alpha value is -3.10. The van der Waals surface area contributed by atoms with Crippen LogP contribution in [0.3, 0.4) is 0 Å². The number of ketones is 1. The minimum atomic E-state index is -0.542. The maximum atomic E-state index is 13.5. The quantitative estimate of drug-likeness (QED) is 0.622. The minimum absolute atomic E-state index is 0.0217. The van der Waals surface area contributed by atoms with Crippen molar-refractivity contribution in [3.05, 3.63) is 71.2 Å². The van der Waals surface area contributed by atoms with Crippen molar-refractivity contribution in [3.63, 3.8) is 0 Å². The number of benzene rings is 1. The lowest BCUT2D eigenvalue weighted by Crippen LogP contribution is -2.37. The lowest BCUT2D eigenvalue weighted by Gasteiger charge is -2.28. The number of Topliss-reactive ketones (excluding diaryl/α,β-unsaturated/α-hetero) is 1. The highest BCUT2D eigenvalue weighted by Gasteiger charge is 2.33. The standard InChI is InChI=1S/C27H33N3O2/c1-17-8-10-20(32-13-12-29-26(3,4)5)14-18(2)27(6,7)25-23(24(17)31)21-11-9-19(16-28)15-22(21)30-25/h8-11,14-15,17,29-30H,2,12-13H2,1,3-7H3/b10-8-,20-14+. The van der Waals surface area contributed by atoms with Gasteiger partial charge in [0.05, 0.1) is 11.6 Å². The van der Waals surface area contributed by atoms with Gasteiger partial charge in [-0.1, -0.05) is 39.5 Å². The first kappa shape index (κ1) is 23.6. The molecule has 32 heavy (non-hydrogen) atoms. The maximum absolute atomic E-state index is 13.5. The summed E-state index contributed by atoms with van der Waals surface area (Å²) in [6.45, 7) is 17.9. The number of allylic oxidation sites excluding steroid dienone is 4. The van der Waals surface area contributed by atoms with Crippen LogP contribution < -0.4 is 5.32 Å². The lowest BCUT2D eigenvalue weighted by molar-refractivity contribution is 0.0952. The van der Waals surface area contributed by atoms with Gasteiger partial charge in [-0.05, 0) is 50.6 Å². The fourth-order valence-corrected chi connectivity index (χ4v) is 3.79. The minimum Gasteiger partial charge on any atom is -0.492 e. The Labute approximate surface area is 190 Å². The molecule has 1 unspecified atom stereocenters. The molecule has 0 fully saturated rings. The average molecular weight is 432 g/mol. The van der Waals surface area contributed by atoms with E-state index in [9.17, 15) is 10.1 Å². The molecule has 2 aromatic rings. The Morgan fingerprint density at radius 2 is 2.03 bits per heavy atom. The Bertz CT molecular complexity index is 1150. The van der Waals surface area contributed by atoms with E-state index in [1.165, 1.54) is 0 Å². The fourth-order valence-electron chi connectivity index (χ4n) is 3.79. The Morgan fingerprint density at radius 3 is 2.69 bits per heavy atom. The van der Waals surface area contributed by atoms with Crippen molar-refractivity contribution < 1.29 is 9.53 Å². The topological polar surface area (TPSA) is 77.9 Å². The van der Waals surface area contributed by atoms with Crippen LogP contribution in [0.1, 0.15) is 63.2 Å². The SMILES string of the molecule is C=C1/C=C(OCCNC(C)(C)C)\C=C/C(C)C(=O)c2c([nH]c3cc(C#N)ccc23)C1(C)C. The van der Waals surface area contributed by atoms with Crippen LogP contribution in [0.25, 0.3) is 10.9 Å². The Kier molecular flexibility index (Phi) is 6.48. The van der Waals surface area contributed by atoms with E-state index in [0.29, 0.717) is 30.0 Å². The lowest BCUT2D eigenvalue weighted by atomic mass is 9.77. The van der Waals surface area contributed by atoms with Gasteiger partial charge in [0.2, 0.25) is 0 Å². The molecule has 1 heterocycles. The Balaban J connectivity index is 2.03. The monoisotopic (exact) mass is 431 g/mol. The second-order valence-electron chi connectivity index (χ2n) is 9.98. The average Bonchev–Trinajstić information content (AvgIpc) is 3.11. The van der Waals surface area contributed by atoms with Crippen LogP contribution in [0.5, 0.6) is 0 Å². The summed E-state index contributed by atoms with van der Waals surface area (Å²) in [7, 11) is 0. The number of fused-ring (bicyclic) bond motifs is 3. The van der Waals surface area contributed by atoms with Crippen molar-refractivity contribution >= 4 is 16.7 Å². The van der Waals surface area contributed by atoms with Crippen LogP contribution in [0.2, 0.25) is 0 Å². The maximum Gasteiger partial charge on any atom is 0.171 e. The molecule has 1 atom stereocenters. The van der Waals surface area contributed by atoms with Crippen molar-refractivity contribution in [1.82, 2.24) is 10.3 Å². The van der Waals surface area contributed by atoms with Gasteiger partial charge in [-0.2, -0.15) is 5.26 Å². The number of ether oxygens (including phenoxy) is 1. The molecule has 0 radical (unpaired) electrons. The van der Waals surface area contributed by atoms with Crippen LogP contribution in [0.4, 0.5) is 0 Å². The second kappa shape index (κ2) is 8.80. The van der Waals surface area contributed by atoms with Crippen molar-refractivity contribution in [2.75, 3.05) is 13.2 Å². The highest BCUT2D eigenvalue weighted by molar-refractivity contribution is 6.11. The number of nitrogens with zero attached hydrogens (tertiary/aromatic N) is 1. The van der Waals surface area contributed by atoms with Gasteiger partial charge in [-0.3, -0.25) is 4.79 Å². The highest BCUT2D eigenvalue weighted by atomic mass is 16.5. The van der Waals surface area contributed by atoms with Crippen molar-refractivity contribution in [1.29, 1.82) is 5.26 Å². The molecular formula is C27H33N3O2. The molecule has 1 aromatic carbocycles. The van der Waals surface area contributed by atoms with Crippen LogP contribution in [-0.4, -0.2) is 29.5 Å². The number of aromatic amines is 1. The van der Waals surface area contributed by atoms with E-state index in [2.05, 4.69) is 43.7 Å². The van der Waals surface area contributed by atoms with Crippen molar-refractivity contribution in [2.45, 2.75) is 52.5 Å². The molecule has 0 amide bonds. The number of hydrogen-bond acceptors (Lipinski definition) is 4. The number of rotatable bonds is 4. The van der Waals surface area contributed by atoms with Crippen LogP contribution in [0, 0.1) is 17.2 Å². The largest absolute Gasteiger partial charge is 0.492 e. The van der Waals surface area contributed by atoms with Crippen LogP contribution >= 0.6 is 0 Å². The normalized spacial score (nSPS) is 21.4. The van der Waals surface area contributed by atoms with Gasteiger partial charge in [0.1, 0.15) is 12.4 Å². The predicted octanol–water partition coefficient (Wildman–Crippen LogP) is 5.55. The summed E-state index contributed by atoms with van der Waals surface area (Å²) in [5.41, 5.74) is 3.12. The van der Waals surface area contributed by atoms with E-state index in [1.54, 1.807) is 12.1 Å². The molecule has 1 aliphatic rings. The molecule has 0 bridgehead atoms. The number of hydrogen-bond donors (Lipinski definition) is 2. The van der Waals surface area contributed by atoms with E-state index in [1.807, 2.05) is 45.1 Å². The molecule has 0 spiro atoms. The van der Waals surface area contributed by atoms with E-state index in [4.69, 9.17) is 4.74 Å². The summed E-state index contributed by atoms with van der Waals surface area (Å²) in [5.74, 6) is 0.388. The molecule has 5 heteroatoms. The van der Waals surface area contributed by atoms with Gasteiger partial charge in [0.25, 0.3) is 0 Å². The van der Waals surface area contributed by atoms with Crippen LogP contribution in [-0.2, 0) is 10.2 Å². The van der Waals surface area contributed by atoms with Gasteiger partial charge in [0.15, 0.2) is 5.78 Å². The van der Waals surface area contributed by atoms with E-state index < -0.39 is 5.41 Å². The van der Waals surface area contributed by atoms with E-state index in [0.717, 1.165) is 22.2 Å². The summed E-state index contributed by atoms with van der Waals surface area (Å²) < 4.78 is 6.03. The van der Waals surface area contributed by atoms with E-state index in [-0.39, 0.29) is 17.2 Å². The molecule has 168 valence electrons. The molecule has 1 aromatic heterocycles. The third-order valence-electron chi connectivity index (χ3n) is 5.91. The van der Waals surface area contributed by atoms with Gasteiger partial charge in [-0.15, -0.1) is 0 Å². The molecule has 2 N–H and O–H groups in total. The number of aromatic nitrogens is 1. The predicted molar refractivity (Wildman–Crippen MR) is 130 cm³/mol. The number of H-pyrrole nitrogens is 1. The smallest absolute Gasteiger partial charge is 0.171 e. The summed E-state index contributed by atoms with van der Waals surface area (Å²) in [5, 5.41) is 13.5. The number of nitriles is 1. The fraction of sp³-hybridized carbons (Fsp3) is 0.407. The summed E-state index contributed by atoms with van der Waals surface area (Å²) in [4.78, 5) is 16.9. The summed E-state index contributed by atoms with van der Waals surface area (Å²) >= 11 is 0. The molecule has 0 saturated carbocycles. The molecule has 3 rings (SSSR count). The Morgan fingerprint density at radius 1 is 1.31 bits per heavy atom. The second-order valence-corrected chi connectivity index (χ2v) is 9.98. The molecule has 5 nitrogen and oxygen atoms in total. The third-order valence-corrected chi connectivity index (χ3v) is 5.91. The number of nitrogens with one attached hydrogen (secondary N) is 2. The van der Waals surface area contributed by atoms with Crippen molar-refractivity contribution in [3.8, 4) is 6.07 Å². The summed E-state index contributed by atoms with van der Waals surface area (Å²) in [6.07, 6.45) is 5.70. The zero-order valence-corrected chi connectivity index (χ0v) is 19.9. The highest BCUT2D eigenvalue weighted by Crippen LogP contribution is 2.39. The summed E-state index contributed by atoms with van der Waals surface area (Å²) in [6, 6.07) is 7.57. The number of carbonyl (C=O) groups is 1. The molecular weight excluding hydrogens is 398 g/mol. The zero-order chi connectivity index (χ0) is 23.7. The van der Waals surface area contributed by atoms with Gasteiger partial charge in [-0.25, -0.2) is 0 Å². The van der Waals surface area contributed by atoms with Gasteiger partial charge >= 0.3 is 0 Å². The third kappa shape index (κ3) is 4.87. The molecule has 0 saturated heterocycles. The van der Waals surface area contributed by atoms with Gasteiger partial charge in [0, 0.05) is 45.6 Å². The first-order valence-corrected chi connectivity index (χ1v) is 11.0. The molecule has 1 aliphatic carbocycles. The first-order chi connectivity index (χ1) is 14.9.